The second-order valence-electron chi connectivity index (χ2n) is 6.04. The smallest absolute Gasteiger partial charge is 0.352 e. The number of amides is 3. The summed E-state index contributed by atoms with van der Waals surface area (Å²) >= 11 is 3.29. The minimum Gasteiger partial charge on any atom is -0.352 e. The van der Waals surface area contributed by atoms with Gasteiger partial charge < -0.3 is 16.0 Å². The van der Waals surface area contributed by atoms with Crippen molar-refractivity contribution in [3.8, 4) is 0 Å². The lowest BCUT2D eigenvalue weighted by Crippen LogP contribution is -2.46. The van der Waals surface area contributed by atoms with Crippen LogP contribution in [0.1, 0.15) is 30.9 Å². The number of piperidine rings is 1. The van der Waals surface area contributed by atoms with Gasteiger partial charge in [-0.3, -0.25) is 4.79 Å². The van der Waals surface area contributed by atoms with E-state index in [4.69, 9.17) is 5.73 Å². The van der Waals surface area contributed by atoms with Crippen molar-refractivity contribution in [3.05, 3.63) is 34.3 Å². The average Bonchev–Trinajstić information content (AvgIpc) is 2.54. The molecule has 0 unspecified atom stereocenters. The molecule has 3 N–H and O–H groups in total. The zero-order chi connectivity index (χ0) is 18.6. The Morgan fingerprint density at radius 1 is 1.32 bits per heavy atom. The van der Waals surface area contributed by atoms with Crippen LogP contribution in [0.4, 0.5) is 18.0 Å². The van der Waals surface area contributed by atoms with Crippen molar-refractivity contribution in [2.45, 2.75) is 31.5 Å². The van der Waals surface area contributed by atoms with Crippen LogP contribution < -0.4 is 11.1 Å². The van der Waals surface area contributed by atoms with E-state index in [0.717, 1.165) is 4.47 Å². The number of nitrogens with two attached hydrogens (primary N) is 1. The molecule has 1 aromatic rings. The Labute approximate surface area is 151 Å². The highest BCUT2D eigenvalue weighted by Crippen LogP contribution is 2.33. The van der Waals surface area contributed by atoms with E-state index in [0.29, 0.717) is 12.0 Å². The third-order valence-corrected chi connectivity index (χ3v) is 4.73. The van der Waals surface area contributed by atoms with Crippen LogP contribution in [0.5, 0.6) is 0 Å². The number of carbonyl (C=O) groups is 2. The van der Waals surface area contributed by atoms with Gasteiger partial charge in [-0.1, -0.05) is 28.1 Å². The van der Waals surface area contributed by atoms with Crippen LogP contribution >= 0.6 is 15.9 Å². The Morgan fingerprint density at radius 3 is 2.52 bits per heavy atom. The maximum absolute atomic E-state index is 12.9. The molecule has 2 rings (SSSR count). The molecule has 25 heavy (non-hydrogen) atoms. The first-order chi connectivity index (χ1) is 11.7. The molecule has 1 fully saturated rings. The number of rotatable bonds is 4. The summed E-state index contributed by atoms with van der Waals surface area (Å²) in [4.78, 5) is 24.9. The standard InChI is InChI=1S/C16H19BrF3N3O2/c17-12-5-3-10(4-6-12)13(22-15(21)25)8-14(24)23-7-1-2-11(9-23)16(18,19)20/h3-6,11,13H,1-2,7-9H2,(H3,21,22,25)/t11-,13+/m1/s1. The highest BCUT2D eigenvalue weighted by Gasteiger charge is 2.42. The van der Waals surface area contributed by atoms with Crippen LogP contribution in [0, 0.1) is 5.92 Å². The fraction of sp³-hybridized carbons (Fsp3) is 0.500. The highest BCUT2D eigenvalue weighted by molar-refractivity contribution is 9.10. The molecule has 2 atom stereocenters. The Balaban J connectivity index is 2.08. The van der Waals surface area contributed by atoms with E-state index in [1.54, 1.807) is 24.3 Å². The zero-order valence-corrected chi connectivity index (χ0v) is 14.9. The molecule has 5 nitrogen and oxygen atoms in total. The van der Waals surface area contributed by atoms with Crippen molar-refractivity contribution in [2.75, 3.05) is 13.1 Å². The number of nitrogens with zero attached hydrogens (tertiary/aromatic N) is 1. The summed E-state index contributed by atoms with van der Waals surface area (Å²) in [6.07, 6.45) is -4.12. The van der Waals surface area contributed by atoms with E-state index in [9.17, 15) is 22.8 Å². The largest absolute Gasteiger partial charge is 0.393 e. The normalized spacial score (nSPS) is 19.4. The predicted octanol–water partition coefficient (Wildman–Crippen LogP) is 3.35. The molecule has 1 aliphatic rings. The molecule has 0 bridgehead atoms. The Hall–Kier alpha value is -1.77. The maximum atomic E-state index is 12.9. The molecule has 0 radical (unpaired) electrons. The summed E-state index contributed by atoms with van der Waals surface area (Å²) < 4.78 is 39.5. The monoisotopic (exact) mass is 421 g/mol. The summed E-state index contributed by atoms with van der Waals surface area (Å²) in [5, 5.41) is 2.48. The third-order valence-electron chi connectivity index (χ3n) is 4.20. The molecule has 1 aliphatic heterocycles. The van der Waals surface area contributed by atoms with E-state index in [2.05, 4.69) is 21.2 Å². The first-order valence-electron chi connectivity index (χ1n) is 7.82. The number of carbonyl (C=O) groups excluding carboxylic acids is 2. The zero-order valence-electron chi connectivity index (χ0n) is 13.4. The van der Waals surface area contributed by atoms with E-state index in [-0.39, 0.29) is 25.9 Å². The SMILES string of the molecule is NC(=O)N[C@@H](CC(=O)N1CCC[C@@H](C(F)(F)F)C1)c1ccc(Br)cc1. The van der Waals surface area contributed by atoms with Crippen LogP contribution in [0.15, 0.2) is 28.7 Å². The quantitative estimate of drug-likeness (QED) is 0.781. The number of benzene rings is 1. The van der Waals surface area contributed by atoms with Crippen molar-refractivity contribution < 1.29 is 22.8 Å². The summed E-state index contributed by atoms with van der Waals surface area (Å²) in [7, 11) is 0. The van der Waals surface area contributed by atoms with Gasteiger partial charge in [0.15, 0.2) is 0 Å². The first kappa shape index (κ1) is 19.6. The van der Waals surface area contributed by atoms with Crippen molar-refractivity contribution in [3.63, 3.8) is 0 Å². The van der Waals surface area contributed by atoms with Gasteiger partial charge >= 0.3 is 12.2 Å². The molecular formula is C16H19BrF3N3O2. The van der Waals surface area contributed by atoms with Crippen LogP contribution in [0.3, 0.4) is 0 Å². The first-order valence-corrected chi connectivity index (χ1v) is 8.62. The molecule has 1 heterocycles. The van der Waals surface area contributed by atoms with Crippen LogP contribution in [0.25, 0.3) is 0 Å². The molecule has 0 aliphatic carbocycles. The van der Waals surface area contributed by atoms with Crippen LogP contribution in [-0.2, 0) is 4.79 Å². The molecule has 3 amide bonds. The van der Waals surface area contributed by atoms with Crippen molar-refractivity contribution in [1.29, 1.82) is 0 Å². The van der Waals surface area contributed by atoms with Crippen LogP contribution in [0.2, 0.25) is 0 Å². The summed E-state index contributed by atoms with van der Waals surface area (Å²) in [6, 6.07) is 5.43. The maximum Gasteiger partial charge on any atom is 0.393 e. The van der Waals surface area contributed by atoms with Gasteiger partial charge in [0.25, 0.3) is 0 Å². The lowest BCUT2D eigenvalue weighted by atomic mass is 9.96. The van der Waals surface area contributed by atoms with Gasteiger partial charge in [-0.25, -0.2) is 4.79 Å². The molecule has 0 aromatic heterocycles. The summed E-state index contributed by atoms with van der Waals surface area (Å²) in [5.41, 5.74) is 5.81. The number of hydrogen-bond acceptors (Lipinski definition) is 2. The fourth-order valence-corrected chi connectivity index (χ4v) is 3.16. The Kier molecular flexibility index (Phi) is 6.31. The van der Waals surface area contributed by atoms with Gasteiger partial charge in [0, 0.05) is 17.6 Å². The highest BCUT2D eigenvalue weighted by atomic mass is 79.9. The molecule has 138 valence electrons. The predicted molar refractivity (Wildman–Crippen MR) is 89.6 cm³/mol. The number of alkyl halides is 3. The minimum absolute atomic E-state index is 0.0307. The van der Waals surface area contributed by atoms with E-state index < -0.39 is 30.1 Å². The third kappa shape index (κ3) is 5.62. The minimum atomic E-state index is -4.31. The van der Waals surface area contributed by atoms with Gasteiger partial charge in [-0.15, -0.1) is 0 Å². The van der Waals surface area contributed by atoms with E-state index in [1.807, 2.05) is 0 Å². The summed E-state index contributed by atoms with van der Waals surface area (Å²) in [6.45, 7) is -0.0546. The second kappa shape index (κ2) is 8.07. The molecule has 1 aromatic carbocycles. The van der Waals surface area contributed by atoms with Crippen molar-refractivity contribution in [2.24, 2.45) is 11.7 Å². The van der Waals surface area contributed by atoms with Crippen molar-refractivity contribution in [1.82, 2.24) is 10.2 Å². The van der Waals surface area contributed by atoms with Gasteiger partial charge in [-0.2, -0.15) is 13.2 Å². The van der Waals surface area contributed by atoms with Crippen LogP contribution in [-0.4, -0.2) is 36.1 Å². The second-order valence-corrected chi connectivity index (χ2v) is 6.95. The molecule has 9 heteroatoms. The van der Waals surface area contributed by atoms with Crippen molar-refractivity contribution >= 4 is 27.9 Å². The molecular weight excluding hydrogens is 403 g/mol. The molecule has 0 saturated carbocycles. The van der Waals surface area contributed by atoms with Gasteiger partial charge in [-0.05, 0) is 30.5 Å². The van der Waals surface area contributed by atoms with Gasteiger partial charge in [0.05, 0.1) is 18.4 Å². The molecule has 0 spiro atoms. The molecule has 1 saturated heterocycles. The number of urea groups is 1. The van der Waals surface area contributed by atoms with E-state index >= 15 is 0 Å². The van der Waals surface area contributed by atoms with Gasteiger partial charge in [0.2, 0.25) is 5.91 Å². The number of likely N-dealkylation sites (tertiary alicyclic amines) is 1. The Bertz CT molecular complexity index is 622. The fourth-order valence-electron chi connectivity index (χ4n) is 2.89. The lowest BCUT2D eigenvalue weighted by molar-refractivity contribution is -0.188. The van der Waals surface area contributed by atoms with Gasteiger partial charge in [0.1, 0.15) is 0 Å². The Morgan fingerprint density at radius 2 is 1.96 bits per heavy atom. The number of halogens is 4. The number of nitrogens with one attached hydrogen (secondary N) is 1. The topological polar surface area (TPSA) is 75.4 Å². The number of hydrogen-bond donors (Lipinski definition) is 2. The number of primary amides is 1. The lowest BCUT2D eigenvalue weighted by Gasteiger charge is -2.34. The van der Waals surface area contributed by atoms with E-state index in [1.165, 1.54) is 4.90 Å². The summed E-state index contributed by atoms with van der Waals surface area (Å²) in [5.74, 6) is -1.93. The average molecular weight is 422 g/mol.